The Bertz CT molecular complexity index is 2760. The Morgan fingerprint density at radius 2 is 0.459 bits per heavy atom. The third-order valence-electron chi connectivity index (χ3n) is 16.8. The van der Waals surface area contributed by atoms with E-state index in [1.165, 1.54) is 38.5 Å². The van der Waals surface area contributed by atoms with Crippen molar-refractivity contribution in [3.63, 3.8) is 0 Å². The number of rotatable bonds is 77. The number of aliphatic hydroxyl groups excluding tert-OH is 2. The van der Waals surface area contributed by atoms with Crippen molar-refractivity contribution < 1.29 is 75.8 Å². The van der Waals surface area contributed by atoms with Gasteiger partial charge in [-0.15, -0.1) is 0 Å². The molecule has 0 saturated carbocycles. The minimum absolute atomic E-state index is 0.0708. The molecule has 0 radical (unpaired) electrons. The Labute approximate surface area is 661 Å². The number of hydrogen-bond donors (Lipinski definition) is 4. The van der Waals surface area contributed by atoms with Gasteiger partial charge in [-0.25, -0.2) is 9.13 Å². The molecule has 0 fully saturated rings. The lowest BCUT2D eigenvalue weighted by Crippen LogP contribution is -2.30. The van der Waals surface area contributed by atoms with Crippen LogP contribution in [0.15, 0.2) is 194 Å². The Balaban J connectivity index is 4.71. The molecule has 5 unspecified atom stereocenters. The molecule has 0 bridgehead atoms. The highest BCUT2D eigenvalue weighted by atomic mass is 31.2. The van der Waals surface area contributed by atoms with Crippen LogP contribution in [0, 0.1) is 0 Å². The van der Waals surface area contributed by atoms with E-state index in [0.29, 0.717) is 19.3 Å². The van der Waals surface area contributed by atoms with Crippen molar-refractivity contribution in [3.8, 4) is 0 Å². The minimum Gasteiger partial charge on any atom is -0.463 e. The van der Waals surface area contributed by atoms with Crippen molar-refractivity contribution in [1.82, 2.24) is 0 Å². The molecular formula is C91H148O16P2. The van der Waals surface area contributed by atoms with Crippen molar-refractivity contribution in [2.24, 2.45) is 0 Å². The van der Waals surface area contributed by atoms with Gasteiger partial charge in [-0.1, -0.05) is 318 Å². The molecule has 0 amide bonds. The SMILES string of the molecule is CC/C=C\C/C=C\C/C=C\C/C=C\C/C=C\C/C=C\CCCCCCCCC(=O)OCC(COP(=O)(O)OCC(O)COP(=O)(O)OCC(O)COC(=O)CCCCCCCCCCCCC/C=C\C/C=C\C/C=C\C/C=C\C/C=C\CC)OC(=O)CCCCCCC/C=C\C/C=C\C/C=C\C/C=C\C/C=C\CC. The summed E-state index contributed by atoms with van der Waals surface area (Å²) in [5, 5.41) is 20.7. The van der Waals surface area contributed by atoms with Crippen LogP contribution in [0.1, 0.15) is 303 Å². The third-order valence-corrected chi connectivity index (χ3v) is 18.7. The summed E-state index contributed by atoms with van der Waals surface area (Å²) in [7, 11) is -9.83. The van der Waals surface area contributed by atoms with E-state index in [4.69, 9.17) is 32.3 Å². The van der Waals surface area contributed by atoms with Crippen LogP contribution >= 0.6 is 15.6 Å². The number of unbranched alkanes of at least 4 members (excludes halogenated alkanes) is 22. The summed E-state index contributed by atoms with van der Waals surface area (Å²) in [6, 6.07) is 0. The third kappa shape index (κ3) is 83.2. The number of aliphatic hydroxyl groups is 2. The van der Waals surface area contributed by atoms with Crippen molar-refractivity contribution >= 4 is 33.6 Å². The molecule has 16 nitrogen and oxygen atoms in total. The lowest BCUT2D eigenvalue weighted by molar-refractivity contribution is -0.161. The molecule has 0 rings (SSSR count). The molecule has 618 valence electrons. The highest BCUT2D eigenvalue weighted by Crippen LogP contribution is 2.45. The van der Waals surface area contributed by atoms with E-state index in [1.54, 1.807) is 0 Å². The highest BCUT2D eigenvalue weighted by Gasteiger charge is 2.29. The Morgan fingerprint density at radius 1 is 0.257 bits per heavy atom. The number of phosphoric acid groups is 2. The molecule has 0 spiro atoms. The van der Waals surface area contributed by atoms with Gasteiger partial charge in [0.15, 0.2) is 6.10 Å². The zero-order valence-corrected chi connectivity index (χ0v) is 69.4. The first-order valence-corrected chi connectivity index (χ1v) is 44.7. The summed E-state index contributed by atoms with van der Waals surface area (Å²) in [5.41, 5.74) is 0. The van der Waals surface area contributed by atoms with Crippen LogP contribution in [-0.2, 0) is 55.8 Å². The largest absolute Gasteiger partial charge is 0.472 e. The molecule has 18 heteroatoms. The molecule has 0 aliphatic rings. The van der Waals surface area contributed by atoms with Gasteiger partial charge in [-0.2, -0.15) is 0 Å². The molecule has 0 saturated heterocycles. The zero-order chi connectivity index (χ0) is 79.4. The van der Waals surface area contributed by atoms with Gasteiger partial charge in [0.1, 0.15) is 25.4 Å². The summed E-state index contributed by atoms with van der Waals surface area (Å²) in [5.74, 6) is -1.63. The molecule has 4 N–H and O–H groups in total. The van der Waals surface area contributed by atoms with Crippen molar-refractivity contribution in [3.05, 3.63) is 194 Å². The van der Waals surface area contributed by atoms with Crippen molar-refractivity contribution in [2.75, 3.05) is 39.6 Å². The molecule has 5 atom stereocenters. The first kappa shape index (κ1) is 103. The normalized spacial score (nSPS) is 14.9. The van der Waals surface area contributed by atoms with Gasteiger partial charge in [-0.05, 0) is 161 Å². The molecule has 0 aromatic carbocycles. The fourth-order valence-corrected chi connectivity index (χ4v) is 12.2. The van der Waals surface area contributed by atoms with E-state index in [0.717, 1.165) is 205 Å². The Morgan fingerprint density at radius 3 is 0.725 bits per heavy atom. The predicted molar refractivity (Wildman–Crippen MR) is 454 cm³/mol. The van der Waals surface area contributed by atoms with Crippen LogP contribution in [0.25, 0.3) is 0 Å². The molecule has 0 aliphatic heterocycles. The summed E-state index contributed by atoms with van der Waals surface area (Å²) in [4.78, 5) is 58.8. The second-order valence-corrected chi connectivity index (χ2v) is 30.0. The van der Waals surface area contributed by atoms with Gasteiger partial charge in [0.2, 0.25) is 0 Å². The van der Waals surface area contributed by atoms with Gasteiger partial charge >= 0.3 is 33.6 Å². The summed E-state index contributed by atoms with van der Waals surface area (Å²) in [6.07, 6.45) is 107. The number of phosphoric ester groups is 2. The fraction of sp³-hybridized carbons (Fsp3) is 0.615. The monoisotopic (exact) mass is 1560 g/mol. The second-order valence-electron chi connectivity index (χ2n) is 27.1. The highest BCUT2D eigenvalue weighted by molar-refractivity contribution is 7.47. The van der Waals surface area contributed by atoms with Crippen LogP contribution in [0.4, 0.5) is 0 Å². The number of allylic oxidation sites excluding steroid dienone is 32. The van der Waals surface area contributed by atoms with Gasteiger partial charge < -0.3 is 34.2 Å². The fourth-order valence-electron chi connectivity index (χ4n) is 10.6. The number of carbonyl (C=O) groups is 3. The summed E-state index contributed by atoms with van der Waals surface area (Å²) < 4.78 is 61.3. The molecular weight excluding hydrogens is 1410 g/mol. The second kappa shape index (κ2) is 81.9. The minimum atomic E-state index is -4.95. The maximum atomic E-state index is 13.0. The quantitative estimate of drug-likeness (QED) is 0.0146. The van der Waals surface area contributed by atoms with E-state index >= 15 is 0 Å². The van der Waals surface area contributed by atoms with Crippen LogP contribution in [-0.4, -0.2) is 95.9 Å². The molecule has 109 heavy (non-hydrogen) atoms. The maximum absolute atomic E-state index is 13.0. The van der Waals surface area contributed by atoms with E-state index < -0.39 is 91.5 Å². The predicted octanol–water partition coefficient (Wildman–Crippen LogP) is 25.1. The first-order chi connectivity index (χ1) is 53.2. The van der Waals surface area contributed by atoms with E-state index in [9.17, 15) is 43.5 Å². The number of carbonyl (C=O) groups excluding carboxylic acids is 3. The molecule has 0 aromatic heterocycles. The van der Waals surface area contributed by atoms with Crippen LogP contribution in [0.2, 0.25) is 0 Å². The summed E-state index contributed by atoms with van der Waals surface area (Å²) >= 11 is 0. The Hall–Kier alpha value is -5.61. The lowest BCUT2D eigenvalue weighted by Gasteiger charge is -2.21. The number of hydrogen-bond acceptors (Lipinski definition) is 14. The van der Waals surface area contributed by atoms with Gasteiger partial charge in [0.25, 0.3) is 0 Å². The molecule has 0 aromatic rings. The molecule has 0 aliphatic carbocycles. The first-order valence-electron chi connectivity index (χ1n) is 41.7. The van der Waals surface area contributed by atoms with Gasteiger partial charge in [-0.3, -0.25) is 32.5 Å². The van der Waals surface area contributed by atoms with E-state index in [1.807, 2.05) is 0 Å². The Kier molecular flexibility index (Phi) is 77.7. The van der Waals surface area contributed by atoms with Crippen molar-refractivity contribution in [2.45, 2.75) is 322 Å². The lowest BCUT2D eigenvalue weighted by atomic mass is 10.0. The van der Waals surface area contributed by atoms with E-state index in [2.05, 4.69) is 215 Å². The average molecular weight is 1560 g/mol. The molecule has 0 heterocycles. The number of esters is 3. The van der Waals surface area contributed by atoms with Crippen molar-refractivity contribution in [1.29, 1.82) is 0 Å². The van der Waals surface area contributed by atoms with Crippen LogP contribution in [0.3, 0.4) is 0 Å². The van der Waals surface area contributed by atoms with E-state index in [-0.39, 0.29) is 19.3 Å². The summed E-state index contributed by atoms with van der Waals surface area (Å²) in [6.45, 7) is 2.29. The van der Waals surface area contributed by atoms with Gasteiger partial charge in [0, 0.05) is 19.3 Å². The van der Waals surface area contributed by atoms with Crippen LogP contribution < -0.4 is 0 Å². The van der Waals surface area contributed by atoms with Crippen LogP contribution in [0.5, 0.6) is 0 Å². The zero-order valence-electron chi connectivity index (χ0n) is 67.6. The number of ether oxygens (including phenoxy) is 3. The standard InChI is InChI=1S/C91H148O16P2/c1-4-7-10-13-16-19-22-25-28-31-34-37-39-41-42-44-46-48-50-53-56-59-62-65-68-71-74-77-89(94)101-80-86(92)81-103-108(97,98)104-82-87(93)83-105-109(99,100)106-85-88(107-91(96)79-76-73-70-67-64-61-58-55-52-47-36-33-30-27-24-21-18-15-12-9-6-3)84-102-90(95)78-75-72-69-66-63-60-57-54-51-49-45-43-40-38-35-32-29-26-23-20-17-14-11-8-5-2/h7-12,16-21,25-30,34-38,41-43,45,47,51,54-55,58,86-88,92-93H,4-6,13-15,22-24,31-33,39-40,44,46,48-50,52-53,56-57,59-85H2,1-3H3,(H,97,98)(H,99,100)/b10-7-,11-8-,12-9-,19-16-,20-17-,21-18-,28-25-,29-26-,30-27-,37-34-,38-35-,42-41-,45-43-,47-36-,54-51-,58-55-. The average Bonchev–Trinajstić information content (AvgIpc) is 0.910. The topological polar surface area (TPSA) is 231 Å². The van der Waals surface area contributed by atoms with Gasteiger partial charge in [0.05, 0.1) is 26.4 Å². The smallest absolute Gasteiger partial charge is 0.463 e. The maximum Gasteiger partial charge on any atom is 0.472 e.